The summed E-state index contributed by atoms with van der Waals surface area (Å²) >= 11 is 1.79. The van der Waals surface area contributed by atoms with E-state index < -0.39 is 0 Å². The minimum atomic E-state index is -0.201. The van der Waals surface area contributed by atoms with Crippen LogP contribution in [0, 0.1) is 5.82 Å². The average molecular weight is 503 g/mol. The number of nitrogens with one attached hydrogen (secondary N) is 1. The Balaban J connectivity index is 1.36. The summed E-state index contributed by atoms with van der Waals surface area (Å²) < 4.78 is 18.9. The zero-order chi connectivity index (χ0) is 24.7. The third kappa shape index (κ3) is 6.03. The van der Waals surface area contributed by atoms with Crippen molar-refractivity contribution in [3.8, 4) is 22.6 Å². The molecule has 0 amide bonds. The lowest BCUT2D eigenvalue weighted by molar-refractivity contribution is 0.0342. The molecule has 4 aromatic rings. The Bertz CT molecular complexity index is 1240. The molecule has 0 radical (unpaired) electrons. The van der Waals surface area contributed by atoms with Crippen LogP contribution in [0.15, 0.2) is 73.1 Å². The smallest absolute Gasteiger partial charge is 0.138 e. The number of aromatic nitrogens is 3. The fourth-order valence-electron chi connectivity index (χ4n) is 4.63. The number of benzene rings is 2. The Labute approximate surface area is 216 Å². The van der Waals surface area contributed by atoms with Gasteiger partial charge < -0.3 is 9.72 Å². The second-order valence-electron chi connectivity index (χ2n) is 9.05. The minimum absolute atomic E-state index is 0.201. The Kier molecular flexibility index (Phi) is 8.11. The monoisotopic (exact) mass is 502 g/mol. The van der Waals surface area contributed by atoms with E-state index in [0.717, 1.165) is 79.6 Å². The van der Waals surface area contributed by atoms with Gasteiger partial charge in [0, 0.05) is 54.1 Å². The molecule has 0 bridgehead atoms. The van der Waals surface area contributed by atoms with Crippen molar-refractivity contribution in [3.05, 3.63) is 95.7 Å². The Morgan fingerprint density at radius 2 is 1.69 bits per heavy atom. The molecule has 1 unspecified atom stereocenters. The van der Waals surface area contributed by atoms with E-state index in [4.69, 9.17) is 9.72 Å². The maximum Gasteiger partial charge on any atom is 0.138 e. The number of pyridine rings is 1. The topological polar surface area (TPSA) is 54.0 Å². The standard InChI is InChI=1S/C29H31FN4OS/c1-36-27(22-6-8-25(30)9-7-22)11-10-26-28(23-12-14-31-15-13-23)33-29(32-26)24-4-2-21(3-5-24)20-34-16-18-35-19-17-34/h2-9,12-15,27H,10-11,16-20H2,1H3,(H,32,33). The summed E-state index contributed by atoms with van der Waals surface area (Å²) in [5, 5.41) is 0.280. The van der Waals surface area contributed by atoms with Crippen molar-refractivity contribution in [2.75, 3.05) is 32.6 Å². The number of ether oxygens (including phenoxy) is 1. The van der Waals surface area contributed by atoms with Gasteiger partial charge in [-0.3, -0.25) is 9.88 Å². The van der Waals surface area contributed by atoms with E-state index in [9.17, 15) is 4.39 Å². The number of imidazole rings is 1. The first-order chi connectivity index (χ1) is 17.7. The molecule has 1 atom stereocenters. The zero-order valence-corrected chi connectivity index (χ0v) is 21.3. The molecule has 3 heterocycles. The van der Waals surface area contributed by atoms with Gasteiger partial charge in [-0.1, -0.05) is 36.4 Å². The van der Waals surface area contributed by atoms with Gasteiger partial charge in [0.25, 0.3) is 0 Å². The molecule has 0 saturated carbocycles. The van der Waals surface area contributed by atoms with E-state index in [1.165, 1.54) is 17.7 Å². The number of hydrogen-bond donors (Lipinski definition) is 1. The fraction of sp³-hybridized carbons (Fsp3) is 0.310. The third-order valence-corrected chi connectivity index (χ3v) is 7.73. The second-order valence-corrected chi connectivity index (χ2v) is 10.1. The highest BCUT2D eigenvalue weighted by molar-refractivity contribution is 7.98. The Morgan fingerprint density at radius 1 is 0.972 bits per heavy atom. The van der Waals surface area contributed by atoms with Gasteiger partial charge in [-0.15, -0.1) is 0 Å². The molecular formula is C29H31FN4OS. The van der Waals surface area contributed by atoms with Crippen molar-refractivity contribution < 1.29 is 9.13 Å². The largest absolute Gasteiger partial charge is 0.379 e. The summed E-state index contributed by atoms with van der Waals surface area (Å²) in [6.07, 6.45) is 7.47. The van der Waals surface area contributed by atoms with Gasteiger partial charge in [-0.2, -0.15) is 11.8 Å². The fourth-order valence-corrected chi connectivity index (χ4v) is 5.42. The van der Waals surface area contributed by atoms with E-state index in [1.54, 1.807) is 24.2 Å². The summed E-state index contributed by atoms with van der Waals surface area (Å²) in [4.78, 5) is 15.2. The molecule has 36 heavy (non-hydrogen) atoms. The van der Waals surface area contributed by atoms with Gasteiger partial charge in [0.1, 0.15) is 11.6 Å². The number of morpholine rings is 1. The minimum Gasteiger partial charge on any atom is -0.379 e. The average Bonchev–Trinajstić information content (AvgIpc) is 3.36. The van der Waals surface area contributed by atoms with Gasteiger partial charge in [-0.05, 0) is 54.5 Å². The quantitative estimate of drug-likeness (QED) is 0.298. The van der Waals surface area contributed by atoms with Crippen LogP contribution in [0.25, 0.3) is 22.6 Å². The molecule has 5 nitrogen and oxygen atoms in total. The first-order valence-corrected chi connectivity index (χ1v) is 13.7. The molecule has 0 aliphatic carbocycles. The molecule has 7 heteroatoms. The lowest BCUT2D eigenvalue weighted by atomic mass is 10.0. The van der Waals surface area contributed by atoms with Crippen LogP contribution in [0.3, 0.4) is 0 Å². The van der Waals surface area contributed by atoms with Gasteiger partial charge >= 0.3 is 0 Å². The highest BCUT2D eigenvalue weighted by atomic mass is 32.2. The molecule has 2 aromatic heterocycles. The summed E-state index contributed by atoms with van der Waals surface area (Å²) in [6, 6.07) is 19.5. The number of nitrogens with zero attached hydrogens (tertiary/aromatic N) is 3. The number of thioether (sulfide) groups is 1. The van der Waals surface area contributed by atoms with E-state index in [2.05, 4.69) is 45.4 Å². The van der Waals surface area contributed by atoms with Crippen LogP contribution in [0.5, 0.6) is 0 Å². The normalized spacial score (nSPS) is 15.2. The lowest BCUT2D eigenvalue weighted by Crippen LogP contribution is -2.35. The van der Waals surface area contributed by atoms with Gasteiger partial charge in [0.2, 0.25) is 0 Å². The number of aromatic amines is 1. The molecule has 5 rings (SSSR count). The molecule has 1 fully saturated rings. The summed E-state index contributed by atoms with van der Waals surface area (Å²) in [5.41, 5.74) is 6.63. The van der Waals surface area contributed by atoms with Crippen molar-refractivity contribution in [1.29, 1.82) is 0 Å². The van der Waals surface area contributed by atoms with Crippen molar-refractivity contribution in [1.82, 2.24) is 19.9 Å². The molecular weight excluding hydrogens is 471 g/mol. The van der Waals surface area contributed by atoms with Crippen LogP contribution in [-0.4, -0.2) is 52.4 Å². The molecule has 1 saturated heterocycles. The highest BCUT2D eigenvalue weighted by Crippen LogP contribution is 2.34. The molecule has 1 N–H and O–H groups in total. The molecule has 2 aromatic carbocycles. The zero-order valence-electron chi connectivity index (χ0n) is 20.5. The first kappa shape index (κ1) is 24.7. The van der Waals surface area contributed by atoms with Crippen molar-refractivity contribution in [2.24, 2.45) is 0 Å². The number of hydrogen-bond acceptors (Lipinski definition) is 5. The number of aryl methyl sites for hydroxylation is 1. The number of rotatable bonds is 9. The second kappa shape index (κ2) is 11.8. The van der Waals surface area contributed by atoms with Crippen LogP contribution in [0.1, 0.15) is 28.5 Å². The number of halogens is 1. The van der Waals surface area contributed by atoms with Gasteiger partial charge in [0.15, 0.2) is 0 Å². The highest BCUT2D eigenvalue weighted by Gasteiger charge is 2.17. The van der Waals surface area contributed by atoms with Crippen LogP contribution >= 0.6 is 11.8 Å². The summed E-state index contributed by atoms with van der Waals surface area (Å²) in [5.74, 6) is 0.671. The van der Waals surface area contributed by atoms with E-state index in [1.807, 2.05) is 24.3 Å². The Morgan fingerprint density at radius 3 is 2.39 bits per heavy atom. The third-order valence-electron chi connectivity index (χ3n) is 6.65. The van der Waals surface area contributed by atoms with Gasteiger partial charge in [0.05, 0.1) is 18.9 Å². The summed E-state index contributed by atoms with van der Waals surface area (Å²) in [7, 11) is 0. The van der Waals surface area contributed by atoms with Crippen LogP contribution in [0.4, 0.5) is 4.39 Å². The molecule has 186 valence electrons. The van der Waals surface area contributed by atoms with E-state index >= 15 is 0 Å². The van der Waals surface area contributed by atoms with Crippen molar-refractivity contribution >= 4 is 11.8 Å². The lowest BCUT2D eigenvalue weighted by Gasteiger charge is -2.26. The summed E-state index contributed by atoms with van der Waals surface area (Å²) in [6.45, 7) is 4.52. The SMILES string of the molecule is CSC(CCc1[nH]c(-c2ccc(CN3CCOCC3)cc2)nc1-c1ccncc1)c1ccc(F)cc1. The maximum atomic E-state index is 13.4. The van der Waals surface area contributed by atoms with Crippen molar-refractivity contribution in [2.45, 2.75) is 24.6 Å². The predicted octanol–water partition coefficient (Wildman–Crippen LogP) is 6.15. The maximum absolute atomic E-state index is 13.4. The van der Waals surface area contributed by atoms with E-state index in [-0.39, 0.29) is 11.1 Å². The van der Waals surface area contributed by atoms with Crippen LogP contribution in [-0.2, 0) is 17.7 Å². The number of H-pyrrole nitrogens is 1. The predicted molar refractivity (Wildman–Crippen MR) is 144 cm³/mol. The Hall–Kier alpha value is -3.00. The molecule has 1 aliphatic heterocycles. The van der Waals surface area contributed by atoms with E-state index in [0.29, 0.717) is 0 Å². The van der Waals surface area contributed by atoms with Crippen LogP contribution < -0.4 is 0 Å². The first-order valence-electron chi connectivity index (χ1n) is 12.4. The van der Waals surface area contributed by atoms with Crippen molar-refractivity contribution in [3.63, 3.8) is 0 Å². The van der Waals surface area contributed by atoms with Crippen LogP contribution in [0.2, 0.25) is 0 Å². The molecule has 0 spiro atoms. The van der Waals surface area contributed by atoms with Gasteiger partial charge in [-0.25, -0.2) is 9.37 Å². The molecule has 1 aliphatic rings.